The van der Waals surface area contributed by atoms with Crippen LogP contribution in [0.4, 0.5) is 5.82 Å². The van der Waals surface area contributed by atoms with Crippen LogP contribution in [0.3, 0.4) is 0 Å². The third kappa shape index (κ3) is 2.58. The van der Waals surface area contributed by atoms with E-state index in [1.54, 1.807) is 18.0 Å². The van der Waals surface area contributed by atoms with Crippen molar-refractivity contribution in [3.05, 3.63) is 23.4 Å². The summed E-state index contributed by atoms with van der Waals surface area (Å²) in [5, 5.41) is 10.8. The Labute approximate surface area is 107 Å². The molecule has 3 N–H and O–H groups in total. The van der Waals surface area contributed by atoms with E-state index in [-0.39, 0.29) is 5.41 Å². The summed E-state index contributed by atoms with van der Waals surface area (Å²) in [6.07, 6.45) is 2.48. The first-order chi connectivity index (χ1) is 7.82. The lowest BCUT2D eigenvalue weighted by atomic mass is 9.78. The maximum atomic E-state index is 10.8. The topological polar surface area (TPSA) is 59.1 Å². The van der Waals surface area contributed by atoms with Gasteiger partial charge in [0.2, 0.25) is 0 Å². The molecule has 1 saturated heterocycles. The second kappa shape index (κ2) is 4.18. The molecule has 0 bridgehead atoms. The lowest BCUT2D eigenvalue weighted by Crippen LogP contribution is -2.40. The van der Waals surface area contributed by atoms with Gasteiger partial charge in [-0.3, -0.25) is 0 Å². The van der Waals surface area contributed by atoms with Gasteiger partial charge in [-0.15, -0.1) is 0 Å². The molecule has 1 atom stereocenters. The average molecular weight is 252 g/mol. The quantitative estimate of drug-likeness (QED) is 0.805. The Bertz CT molecular complexity index is 433. The van der Waals surface area contributed by atoms with Crippen molar-refractivity contribution < 1.29 is 5.11 Å². The van der Waals surface area contributed by atoms with Gasteiger partial charge in [-0.2, -0.15) is 11.8 Å². The number of aryl methyl sites for hydroxylation is 1. The van der Waals surface area contributed by atoms with Gasteiger partial charge in [-0.1, -0.05) is 13.8 Å². The molecule has 94 valence electrons. The zero-order chi connectivity index (χ0) is 12.7. The molecule has 0 aliphatic carbocycles. The molecule has 0 spiro atoms. The Balaban J connectivity index is 2.40. The summed E-state index contributed by atoms with van der Waals surface area (Å²) in [7, 11) is 0. The molecule has 1 aliphatic heterocycles. The Morgan fingerprint density at radius 1 is 1.41 bits per heavy atom. The van der Waals surface area contributed by atoms with Crippen molar-refractivity contribution in [3.63, 3.8) is 0 Å². The smallest absolute Gasteiger partial charge is 0.129 e. The Morgan fingerprint density at radius 2 is 2.12 bits per heavy atom. The fourth-order valence-electron chi connectivity index (χ4n) is 2.52. The van der Waals surface area contributed by atoms with E-state index in [0.717, 1.165) is 23.3 Å². The van der Waals surface area contributed by atoms with Crippen LogP contribution in [0.2, 0.25) is 0 Å². The van der Waals surface area contributed by atoms with Crippen LogP contribution in [0.15, 0.2) is 12.3 Å². The van der Waals surface area contributed by atoms with Gasteiger partial charge in [-0.05, 0) is 36.1 Å². The molecule has 2 rings (SSSR count). The first-order valence-corrected chi connectivity index (χ1v) is 7.01. The zero-order valence-corrected chi connectivity index (χ0v) is 11.5. The zero-order valence-electron chi connectivity index (χ0n) is 10.7. The summed E-state index contributed by atoms with van der Waals surface area (Å²) in [6.45, 7) is 6.34. The van der Waals surface area contributed by atoms with E-state index in [1.807, 2.05) is 13.0 Å². The SMILES string of the molecule is Cc1cnc(N)c(C2(O)CSCC(C)(C)C2)c1. The lowest BCUT2D eigenvalue weighted by Gasteiger charge is -2.41. The minimum atomic E-state index is -0.838. The number of nitrogens with two attached hydrogens (primary N) is 1. The predicted molar refractivity (Wildman–Crippen MR) is 73.0 cm³/mol. The second-order valence-corrected chi connectivity index (χ2v) is 6.80. The van der Waals surface area contributed by atoms with Crippen LogP contribution in [-0.2, 0) is 5.60 Å². The van der Waals surface area contributed by atoms with E-state index >= 15 is 0 Å². The van der Waals surface area contributed by atoms with Gasteiger partial charge < -0.3 is 10.8 Å². The van der Waals surface area contributed by atoms with Crippen LogP contribution in [0.25, 0.3) is 0 Å². The minimum absolute atomic E-state index is 0.133. The molecule has 17 heavy (non-hydrogen) atoms. The van der Waals surface area contributed by atoms with Crippen LogP contribution in [-0.4, -0.2) is 21.6 Å². The molecule has 0 aromatic carbocycles. The van der Waals surface area contributed by atoms with E-state index in [9.17, 15) is 5.11 Å². The van der Waals surface area contributed by atoms with Crippen molar-refractivity contribution in [2.75, 3.05) is 17.2 Å². The molecular weight excluding hydrogens is 232 g/mol. The highest BCUT2D eigenvalue weighted by molar-refractivity contribution is 7.99. The van der Waals surface area contributed by atoms with Gasteiger partial charge in [0, 0.05) is 17.5 Å². The van der Waals surface area contributed by atoms with Crippen LogP contribution >= 0.6 is 11.8 Å². The number of rotatable bonds is 1. The molecule has 1 aromatic rings. The van der Waals surface area contributed by atoms with Gasteiger partial charge in [0.1, 0.15) is 11.4 Å². The van der Waals surface area contributed by atoms with Gasteiger partial charge in [-0.25, -0.2) is 4.98 Å². The third-order valence-corrected chi connectivity index (χ3v) is 4.83. The van der Waals surface area contributed by atoms with Crippen molar-refractivity contribution in [2.45, 2.75) is 32.8 Å². The van der Waals surface area contributed by atoms with E-state index < -0.39 is 5.60 Å². The number of aliphatic hydroxyl groups is 1. The molecule has 2 heterocycles. The summed E-state index contributed by atoms with van der Waals surface area (Å²) < 4.78 is 0. The standard InChI is InChI=1S/C13H20N2OS/c1-9-4-10(11(14)15-5-9)13(16)6-12(2,3)7-17-8-13/h4-5,16H,6-8H2,1-3H3,(H2,14,15). The summed E-state index contributed by atoms with van der Waals surface area (Å²) in [5.74, 6) is 2.23. The average Bonchev–Trinajstić information content (AvgIpc) is 2.19. The molecular formula is C13H20N2OS. The summed E-state index contributed by atoms with van der Waals surface area (Å²) in [6, 6.07) is 1.96. The minimum Gasteiger partial charge on any atom is -0.384 e. The molecule has 1 unspecified atom stereocenters. The van der Waals surface area contributed by atoms with Crippen LogP contribution in [0.1, 0.15) is 31.4 Å². The first kappa shape index (κ1) is 12.7. The molecule has 0 amide bonds. The Morgan fingerprint density at radius 3 is 2.76 bits per heavy atom. The van der Waals surface area contributed by atoms with Gasteiger partial charge in [0.25, 0.3) is 0 Å². The van der Waals surface area contributed by atoms with Gasteiger partial charge >= 0.3 is 0 Å². The number of aromatic nitrogens is 1. The fourth-order valence-corrected chi connectivity index (χ4v) is 3.87. The number of nitrogens with zero attached hydrogens (tertiary/aromatic N) is 1. The van der Waals surface area contributed by atoms with E-state index in [2.05, 4.69) is 18.8 Å². The van der Waals surface area contributed by atoms with E-state index in [4.69, 9.17) is 5.73 Å². The van der Waals surface area contributed by atoms with Crippen molar-refractivity contribution in [1.29, 1.82) is 0 Å². The largest absolute Gasteiger partial charge is 0.384 e. The van der Waals surface area contributed by atoms with Gasteiger partial charge in [0.05, 0.1) is 0 Å². The van der Waals surface area contributed by atoms with Crippen molar-refractivity contribution in [2.24, 2.45) is 5.41 Å². The number of nitrogen functional groups attached to an aromatic ring is 1. The fraction of sp³-hybridized carbons (Fsp3) is 0.615. The Kier molecular flexibility index (Phi) is 3.12. The highest BCUT2D eigenvalue weighted by Gasteiger charge is 2.41. The number of thioether (sulfide) groups is 1. The summed E-state index contributed by atoms with van der Waals surface area (Å²) in [4.78, 5) is 4.16. The molecule has 4 heteroatoms. The lowest BCUT2D eigenvalue weighted by molar-refractivity contribution is 0.0160. The van der Waals surface area contributed by atoms with Crippen LogP contribution in [0.5, 0.6) is 0 Å². The maximum Gasteiger partial charge on any atom is 0.129 e. The molecule has 1 aromatic heterocycles. The van der Waals surface area contributed by atoms with Crippen molar-refractivity contribution in [1.82, 2.24) is 4.98 Å². The van der Waals surface area contributed by atoms with E-state index in [0.29, 0.717) is 11.6 Å². The number of hydrogen-bond donors (Lipinski definition) is 2. The normalized spacial score (nSPS) is 28.0. The number of anilines is 1. The number of pyridine rings is 1. The molecule has 0 radical (unpaired) electrons. The first-order valence-electron chi connectivity index (χ1n) is 5.85. The maximum absolute atomic E-state index is 10.8. The Hall–Kier alpha value is -0.740. The molecule has 1 aliphatic rings. The predicted octanol–water partition coefficient (Wildman–Crippen LogP) is 2.32. The summed E-state index contributed by atoms with van der Waals surface area (Å²) in [5.41, 5.74) is 7.04. The third-order valence-electron chi connectivity index (χ3n) is 3.16. The highest BCUT2D eigenvalue weighted by Crippen LogP contribution is 2.45. The molecule has 0 saturated carbocycles. The summed E-state index contributed by atoms with van der Waals surface area (Å²) >= 11 is 1.78. The molecule has 3 nitrogen and oxygen atoms in total. The second-order valence-electron chi connectivity index (χ2n) is 5.81. The van der Waals surface area contributed by atoms with Crippen LogP contribution in [0, 0.1) is 12.3 Å². The van der Waals surface area contributed by atoms with Gasteiger partial charge in [0.15, 0.2) is 0 Å². The van der Waals surface area contributed by atoms with Crippen molar-refractivity contribution in [3.8, 4) is 0 Å². The van der Waals surface area contributed by atoms with Crippen LogP contribution < -0.4 is 5.73 Å². The highest BCUT2D eigenvalue weighted by atomic mass is 32.2. The molecule has 1 fully saturated rings. The van der Waals surface area contributed by atoms with E-state index in [1.165, 1.54) is 0 Å². The monoisotopic (exact) mass is 252 g/mol. The van der Waals surface area contributed by atoms with Crippen molar-refractivity contribution >= 4 is 17.6 Å². The number of hydrogen-bond acceptors (Lipinski definition) is 4.